The molecule has 0 bridgehead atoms. The summed E-state index contributed by atoms with van der Waals surface area (Å²) in [5, 5.41) is 2.66. The zero-order valence-corrected chi connectivity index (χ0v) is 18.0. The fraction of sp³-hybridized carbons (Fsp3) is 0.333. The summed E-state index contributed by atoms with van der Waals surface area (Å²) in [6, 6.07) is 10.7. The van der Waals surface area contributed by atoms with Gasteiger partial charge in [0.05, 0.1) is 29.8 Å². The van der Waals surface area contributed by atoms with E-state index in [0.717, 1.165) is 21.7 Å². The molecule has 1 N–H and O–H groups in total. The zero-order valence-electron chi connectivity index (χ0n) is 17.2. The molecule has 1 atom stereocenters. The highest BCUT2D eigenvalue weighted by molar-refractivity contribution is 7.92. The highest BCUT2D eigenvalue weighted by atomic mass is 32.2. The Bertz CT molecular complexity index is 997. The van der Waals surface area contributed by atoms with Gasteiger partial charge < -0.3 is 10.1 Å². The molecule has 0 aromatic heterocycles. The Hall–Kier alpha value is -2.87. The van der Waals surface area contributed by atoms with Crippen molar-refractivity contribution in [2.24, 2.45) is 0 Å². The number of nitrogens with one attached hydrogen (secondary N) is 1. The van der Waals surface area contributed by atoms with Crippen molar-refractivity contribution in [1.29, 1.82) is 0 Å². The standard InChI is InChI=1S/C21H26N2O5S/c1-6-28-21(25)18-9-7-8-10-19(18)22-20(24)16(4)23(29(5,26)27)17-12-14(2)11-15(3)13-17/h7-13,16H,6H2,1-5H3,(H,22,24)/t16-/m1/s1. The molecule has 0 saturated carbocycles. The van der Waals surface area contributed by atoms with E-state index in [1.807, 2.05) is 19.9 Å². The van der Waals surface area contributed by atoms with Crippen molar-refractivity contribution in [3.05, 3.63) is 59.2 Å². The Labute approximate surface area is 171 Å². The first kappa shape index (κ1) is 22.4. The largest absolute Gasteiger partial charge is 0.462 e. The normalized spacial score (nSPS) is 12.2. The van der Waals surface area contributed by atoms with Crippen molar-refractivity contribution in [3.63, 3.8) is 0 Å². The molecule has 0 aliphatic carbocycles. The van der Waals surface area contributed by atoms with Crippen LogP contribution in [0.15, 0.2) is 42.5 Å². The van der Waals surface area contributed by atoms with E-state index in [1.54, 1.807) is 37.3 Å². The molecule has 0 spiro atoms. The lowest BCUT2D eigenvalue weighted by molar-refractivity contribution is -0.116. The van der Waals surface area contributed by atoms with Crippen molar-refractivity contribution in [2.45, 2.75) is 33.7 Å². The SMILES string of the molecule is CCOC(=O)c1ccccc1NC(=O)[C@@H](C)N(c1cc(C)cc(C)c1)S(C)(=O)=O. The predicted octanol–water partition coefficient (Wildman–Crippen LogP) is 3.27. The third kappa shape index (κ3) is 5.57. The number of hydrogen-bond acceptors (Lipinski definition) is 5. The second-order valence-electron chi connectivity index (χ2n) is 6.84. The number of nitrogens with zero attached hydrogens (tertiary/aromatic N) is 1. The molecule has 7 nitrogen and oxygen atoms in total. The lowest BCUT2D eigenvalue weighted by atomic mass is 10.1. The van der Waals surface area contributed by atoms with Crippen LogP contribution in [0.5, 0.6) is 0 Å². The van der Waals surface area contributed by atoms with Crippen LogP contribution in [0.1, 0.15) is 35.3 Å². The van der Waals surface area contributed by atoms with Crippen molar-refractivity contribution in [2.75, 3.05) is 22.5 Å². The predicted molar refractivity (Wildman–Crippen MR) is 114 cm³/mol. The molecule has 2 aromatic rings. The van der Waals surface area contributed by atoms with Crippen LogP contribution in [-0.4, -0.2) is 39.2 Å². The number of ether oxygens (including phenoxy) is 1. The lowest BCUT2D eigenvalue weighted by Gasteiger charge is -2.29. The Morgan fingerprint density at radius 3 is 2.24 bits per heavy atom. The molecule has 0 unspecified atom stereocenters. The van der Waals surface area contributed by atoms with Crippen molar-refractivity contribution < 1.29 is 22.7 Å². The van der Waals surface area contributed by atoms with Gasteiger partial charge in [0.1, 0.15) is 6.04 Å². The number of benzene rings is 2. The van der Waals surface area contributed by atoms with Gasteiger partial charge in [0.15, 0.2) is 0 Å². The molecular formula is C21H26N2O5S. The van der Waals surface area contributed by atoms with Gasteiger partial charge in [-0.1, -0.05) is 18.2 Å². The average molecular weight is 419 g/mol. The number of aryl methyl sites for hydroxylation is 2. The van der Waals surface area contributed by atoms with E-state index in [0.29, 0.717) is 5.69 Å². The van der Waals surface area contributed by atoms with Crippen molar-refractivity contribution in [3.8, 4) is 0 Å². The van der Waals surface area contributed by atoms with Gasteiger partial charge in [-0.15, -0.1) is 0 Å². The van der Waals surface area contributed by atoms with Crippen LogP contribution in [-0.2, 0) is 19.6 Å². The number of carbonyl (C=O) groups is 2. The van der Waals surface area contributed by atoms with Crippen LogP contribution in [0.3, 0.4) is 0 Å². The molecule has 0 heterocycles. The monoisotopic (exact) mass is 418 g/mol. The number of carbonyl (C=O) groups excluding carboxylic acids is 2. The first-order valence-electron chi connectivity index (χ1n) is 9.19. The Morgan fingerprint density at radius 2 is 1.69 bits per heavy atom. The molecule has 29 heavy (non-hydrogen) atoms. The van der Waals surface area contributed by atoms with Crippen LogP contribution < -0.4 is 9.62 Å². The van der Waals surface area contributed by atoms with E-state index < -0.39 is 27.9 Å². The highest BCUT2D eigenvalue weighted by Gasteiger charge is 2.30. The fourth-order valence-electron chi connectivity index (χ4n) is 3.10. The Kier molecular flexibility index (Phi) is 7.02. The molecule has 0 saturated heterocycles. The van der Waals surface area contributed by atoms with E-state index in [-0.39, 0.29) is 17.9 Å². The van der Waals surface area contributed by atoms with Crippen LogP contribution in [0, 0.1) is 13.8 Å². The average Bonchev–Trinajstić information content (AvgIpc) is 2.60. The number of sulfonamides is 1. The molecule has 2 rings (SSSR count). The molecule has 0 radical (unpaired) electrons. The number of esters is 1. The van der Waals surface area contributed by atoms with Gasteiger partial charge in [-0.25, -0.2) is 13.2 Å². The molecule has 2 aromatic carbocycles. The van der Waals surface area contributed by atoms with E-state index in [1.165, 1.54) is 13.0 Å². The summed E-state index contributed by atoms with van der Waals surface area (Å²) in [5.74, 6) is -1.13. The molecule has 0 aliphatic heterocycles. The summed E-state index contributed by atoms with van der Waals surface area (Å²) < 4.78 is 31.1. The third-order valence-corrected chi connectivity index (χ3v) is 5.47. The van der Waals surface area contributed by atoms with Crippen LogP contribution in [0.4, 0.5) is 11.4 Å². The maximum Gasteiger partial charge on any atom is 0.340 e. The first-order valence-corrected chi connectivity index (χ1v) is 11.0. The van der Waals surface area contributed by atoms with Gasteiger partial charge in [-0.05, 0) is 63.1 Å². The summed E-state index contributed by atoms with van der Waals surface area (Å²) in [6.45, 7) is 7.11. The molecule has 8 heteroatoms. The first-order chi connectivity index (χ1) is 13.5. The maximum atomic E-state index is 12.9. The maximum absolute atomic E-state index is 12.9. The Balaban J connectivity index is 2.38. The minimum absolute atomic E-state index is 0.200. The van der Waals surface area contributed by atoms with Crippen LogP contribution >= 0.6 is 0 Å². The van der Waals surface area contributed by atoms with Gasteiger partial charge in [-0.3, -0.25) is 9.10 Å². The summed E-state index contributed by atoms with van der Waals surface area (Å²) in [4.78, 5) is 25.0. The zero-order chi connectivity index (χ0) is 21.8. The highest BCUT2D eigenvalue weighted by Crippen LogP contribution is 2.25. The van der Waals surface area contributed by atoms with Crippen LogP contribution in [0.25, 0.3) is 0 Å². The van der Waals surface area contributed by atoms with Gasteiger partial charge in [0, 0.05) is 0 Å². The summed E-state index contributed by atoms with van der Waals surface area (Å²) >= 11 is 0. The minimum atomic E-state index is -3.74. The smallest absolute Gasteiger partial charge is 0.340 e. The molecule has 0 fully saturated rings. The van der Waals surface area contributed by atoms with Gasteiger partial charge in [0.25, 0.3) is 0 Å². The second kappa shape index (κ2) is 9.09. The number of anilines is 2. The number of hydrogen-bond donors (Lipinski definition) is 1. The Morgan fingerprint density at radius 1 is 1.10 bits per heavy atom. The quantitative estimate of drug-likeness (QED) is 0.697. The van der Waals surface area contributed by atoms with Crippen LogP contribution in [0.2, 0.25) is 0 Å². The van der Waals surface area contributed by atoms with E-state index >= 15 is 0 Å². The van der Waals surface area contributed by atoms with E-state index in [4.69, 9.17) is 4.74 Å². The second-order valence-corrected chi connectivity index (χ2v) is 8.70. The molecular weight excluding hydrogens is 392 g/mol. The number of amides is 1. The summed E-state index contributed by atoms with van der Waals surface area (Å²) in [7, 11) is -3.74. The van der Waals surface area contributed by atoms with Crippen molar-refractivity contribution >= 4 is 33.3 Å². The molecule has 0 aliphatic rings. The third-order valence-electron chi connectivity index (χ3n) is 4.23. The van der Waals surface area contributed by atoms with Gasteiger partial charge in [-0.2, -0.15) is 0 Å². The van der Waals surface area contributed by atoms with E-state index in [9.17, 15) is 18.0 Å². The molecule has 156 valence electrons. The van der Waals surface area contributed by atoms with Gasteiger partial charge in [0.2, 0.25) is 15.9 Å². The van der Waals surface area contributed by atoms with Crippen molar-refractivity contribution in [1.82, 2.24) is 0 Å². The summed E-state index contributed by atoms with van der Waals surface area (Å²) in [5.41, 5.74) is 2.64. The number of para-hydroxylation sites is 1. The lowest BCUT2D eigenvalue weighted by Crippen LogP contribution is -2.45. The van der Waals surface area contributed by atoms with Gasteiger partial charge >= 0.3 is 5.97 Å². The minimum Gasteiger partial charge on any atom is -0.462 e. The number of rotatable bonds is 7. The van der Waals surface area contributed by atoms with E-state index in [2.05, 4.69) is 5.32 Å². The molecule has 1 amide bonds. The fourth-order valence-corrected chi connectivity index (χ4v) is 4.26. The summed E-state index contributed by atoms with van der Waals surface area (Å²) in [6.07, 6.45) is 1.06. The topological polar surface area (TPSA) is 92.8 Å².